The molecule has 156 valence electrons. The molecule has 8 heteroatoms. The summed E-state index contributed by atoms with van der Waals surface area (Å²) in [5.74, 6) is 1.77. The lowest BCUT2D eigenvalue weighted by Crippen LogP contribution is -2.38. The summed E-state index contributed by atoms with van der Waals surface area (Å²) in [4.78, 5) is 17.2. The van der Waals surface area contributed by atoms with Gasteiger partial charge in [-0.25, -0.2) is 15.0 Å². The van der Waals surface area contributed by atoms with Crippen LogP contribution < -0.4 is 15.5 Å². The molecule has 0 atom stereocenters. The maximum Gasteiger partial charge on any atom is 0.191 e. The lowest BCUT2D eigenvalue weighted by atomic mass is 10.1. The number of hydrogen-bond donors (Lipinski definition) is 2. The second-order valence-corrected chi connectivity index (χ2v) is 8.11. The number of pyridine rings is 1. The Morgan fingerprint density at radius 2 is 2.00 bits per heavy atom. The Hall–Kier alpha value is -1.94. The molecule has 2 aromatic heterocycles. The second kappa shape index (κ2) is 11.3. The highest BCUT2D eigenvalue weighted by Gasteiger charge is 2.07. The number of nitrogens with one attached hydrogen (secondary N) is 2. The van der Waals surface area contributed by atoms with Crippen molar-refractivity contribution < 1.29 is 0 Å². The van der Waals surface area contributed by atoms with Crippen LogP contribution in [0.15, 0.2) is 41.5 Å². The molecule has 0 unspecified atom stereocenters. The van der Waals surface area contributed by atoms with Gasteiger partial charge in [-0.15, -0.1) is 35.3 Å². The van der Waals surface area contributed by atoms with Crippen LogP contribution in [-0.4, -0.2) is 43.1 Å². The predicted molar refractivity (Wildman–Crippen MR) is 135 cm³/mol. The van der Waals surface area contributed by atoms with Crippen molar-refractivity contribution in [1.82, 2.24) is 20.6 Å². The normalized spacial score (nSPS) is 11.2. The zero-order chi connectivity index (χ0) is 19.9. The van der Waals surface area contributed by atoms with Crippen molar-refractivity contribution in [2.75, 3.05) is 32.1 Å². The van der Waals surface area contributed by atoms with Crippen LogP contribution in [0.2, 0.25) is 0 Å². The molecule has 1 aromatic carbocycles. The fourth-order valence-electron chi connectivity index (χ4n) is 2.90. The van der Waals surface area contributed by atoms with Crippen molar-refractivity contribution in [3.8, 4) is 0 Å². The Bertz CT molecular complexity index is 953. The third-order valence-electron chi connectivity index (χ3n) is 4.30. The topological polar surface area (TPSA) is 65.4 Å². The number of aryl methyl sites for hydroxylation is 1. The van der Waals surface area contributed by atoms with E-state index in [-0.39, 0.29) is 24.0 Å². The largest absolute Gasteiger partial charge is 0.363 e. The molecule has 0 aliphatic carbocycles. The van der Waals surface area contributed by atoms with Crippen molar-refractivity contribution in [2.45, 2.75) is 26.8 Å². The van der Waals surface area contributed by atoms with Gasteiger partial charge < -0.3 is 15.5 Å². The molecular weight excluding hydrogens is 495 g/mol. The maximum atomic E-state index is 4.80. The zero-order valence-corrected chi connectivity index (χ0v) is 20.5. The van der Waals surface area contributed by atoms with Crippen molar-refractivity contribution in [3.63, 3.8) is 0 Å². The highest BCUT2D eigenvalue weighted by atomic mass is 127. The molecule has 0 spiro atoms. The number of rotatable bonds is 7. The number of fused-ring (bicyclic) bond motifs is 1. The molecule has 0 fully saturated rings. The van der Waals surface area contributed by atoms with E-state index in [2.05, 4.69) is 47.7 Å². The third-order valence-corrected chi connectivity index (χ3v) is 5.27. The van der Waals surface area contributed by atoms with E-state index in [1.54, 1.807) is 11.3 Å². The van der Waals surface area contributed by atoms with E-state index in [0.29, 0.717) is 6.54 Å². The standard InChI is InChI=1S/C21H28N6S.HI/c1-5-22-21(23-11-10-20-24-13-15(2)28-20)25-14-16-12-19(27(3)4)26-18-9-7-6-8-17(16)18;/h6-9,12-13H,5,10-11,14H2,1-4H3,(H2,22,23,25);1H. The van der Waals surface area contributed by atoms with Crippen LogP contribution in [0.4, 0.5) is 5.82 Å². The number of guanidine groups is 1. The van der Waals surface area contributed by atoms with Gasteiger partial charge in [0.25, 0.3) is 0 Å². The molecule has 2 N–H and O–H groups in total. The number of anilines is 1. The van der Waals surface area contributed by atoms with Gasteiger partial charge in [0, 0.05) is 50.1 Å². The van der Waals surface area contributed by atoms with Crippen molar-refractivity contribution in [2.24, 2.45) is 4.99 Å². The summed E-state index contributed by atoms with van der Waals surface area (Å²) in [6.45, 7) is 6.38. The van der Waals surface area contributed by atoms with Crippen LogP contribution in [0.25, 0.3) is 10.9 Å². The summed E-state index contributed by atoms with van der Waals surface area (Å²) >= 11 is 1.75. The van der Waals surface area contributed by atoms with E-state index in [1.807, 2.05) is 37.3 Å². The molecule has 0 amide bonds. The number of hydrogen-bond acceptors (Lipinski definition) is 5. The molecule has 2 heterocycles. The first-order valence-corrected chi connectivity index (χ1v) is 10.4. The van der Waals surface area contributed by atoms with Gasteiger partial charge in [0.2, 0.25) is 0 Å². The van der Waals surface area contributed by atoms with Crippen molar-refractivity contribution in [3.05, 3.63) is 52.0 Å². The van der Waals surface area contributed by atoms with Crippen LogP contribution >= 0.6 is 35.3 Å². The summed E-state index contributed by atoms with van der Waals surface area (Å²) in [5, 5.41) is 9.03. The highest BCUT2D eigenvalue weighted by Crippen LogP contribution is 2.22. The first-order chi connectivity index (χ1) is 13.6. The Morgan fingerprint density at radius 3 is 2.69 bits per heavy atom. The van der Waals surface area contributed by atoms with E-state index in [1.165, 1.54) is 10.4 Å². The number of nitrogens with zero attached hydrogens (tertiary/aromatic N) is 4. The molecule has 3 aromatic rings. The molecule has 0 saturated carbocycles. The smallest absolute Gasteiger partial charge is 0.191 e. The molecule has 0 radical (unpaired) electrons. The monoisotopic (exact) mass is 524 g/mol. The number of para-hydroxylation sites is 1. The quantitative estimate of drug-likeness (QED) is 0.278. The van der Waals surface area contributed by atoms with Gasteiger partial charge in [-0.3, -0.25) is 0 Å². The Kier molecular flexibility index (Phi) is 9.09. The molecular formula is C21H29IN6S. The third kappa shape index (κ3) is 6.53. The van der Waals surface area contributed by atoms with Crippen LogP contribution in [0.5, 0.6) is 0 Å². The fourth-order valence-corrected chi connectivity index (χ4v) is 3.69. The minimum Gasteiger partial charge on any atom is -0.363 e. The lowest BCUT2D eigenvalue weighted by molar-refractivity contribution is 0.797. The van der Waals surface area contributed by atoms with E-state index in [9.17, 15) is 0 Å². The number of benzene rings is 1. The molecule has 0 bridgehead atoms. The fraction of sp³-hybridized carbons (Fsp3) is 0.381. The van der Waals surface area contributed by atoms with E-state index in [4.69, 9.17) is 9.98 Å². The van der Waals surface area contributed by atoms with Crippen LogP contribution in [-0.2, 0) is 13.0 Å². The maximum absolute atomic E-state index is 4.80. The minimum atomic E-state index is 0. The summed E-state index contributed by atoms with van der Waals surface area (Å²) in [6, 6.07) is 10.3. The first kappa shape index (κ1) is 23.3. The number of aromatic nitrogens is 2. The molecule has 0 aliphatic rings. The summed E-state index contributed by atoms with van der Waals surface area (Å²) < 4.78 is 0. The first-order valence-electron chi connectivity index (χ1n) is 9.56. The molecule has 29 heavy (non-hydrogen) atoms. The van der Waals surface area contributed by atoms with Gasteiger partial charge in [-0.1, -0.05) is 18.2 Å². The van der Waals surface area contributed by atoms with Crippen molar-refractivity contribution in [1.29, 1.82) is 0 Å². The Morgan fingerprint density at radius 1 is 1.21 bits per heavy atom. The van der Waals surface area contributed by atoms with Crippen molar-refractivity contribution >= 4 is 58.0 Å². The number of halogens is 1. The van der Waals surface area contributed by atoms with Gasteiger partial charge in [0.05, 0.1) is 17.1 Å². The summed E-state index contributed by atoms with van der Waals surface area (Å²) in [6.07, 6.45) is 2.82. The van der Waals surface area contributed by atoms with Crippen LogP contribution in [0.3, 0.4) is 0 Å². The van der Waals surface area contributed by atoms with Crippen LogP contribution in [0.1, 0.15) is 22.4 Å². The van der Waals surface area contributed by atoms with E-state index >= 15 is 0 Å². The second-order valence-electron chi connectivity index (χ2n) is 6.79. The minimum absolute atomic E-state index is 0. The van der Waals surface area contributed by atoms with E-state index < -0.39 is 0 Å². The molecule has 0 aliphatic heterocycles. The summed E-state index contributed by atoms with van der Waals surface area (Å²) in [5.41, 5.74) is 2.16. The zero-order valence-electron chi connectivity index (χ0n) is 17.4. The lowest BCUT2D eigenvalue weighted by Gasteiger charge is -2.15. The SMILES string of the molecule is CCNC(=NCc1cc(N(C)C)nc2ccccc12)NCCc1ncc(C)s1.I. The van der Waals surface area contributed by atoms with Gasteiger partial charge >= 0.3 is 0 Å². The predicted octanol–water partition coefficient (Wildman–Crippen LogP) is 3.98. The number of thiazole rings is 1. The summed E-state index contributed by atoms with van der Waals surface area (Å²) in [7, 11) is 4.02. The van der Waals surface area contributed by atoms with Gasteiger partial charge in [0.15, 0.2) is 5.96 Å². The van der Waals surface area contributed by atoms with Gasteiger partial charge in [-0.2, -0.15) is 0 Å². The van der Waals surface area contributed by atoms with E-state index in [0.717, 1.165) is 47.2 Å². The number of aliphatic imine (C=N–C) groups is 1. The Balaban J connectivity index is 0.00000300. The molecule has 3 rings (SSSR count). The highest BCUT2D eigenvalue weighted by molar-refractivity contribution is 14.0. The average Bonchev–Trinajstić information content (AvgIpc) is 3.10. The van der Waals surface area contributed by atoms with Gasteiger partial charge in [-0.05, 0) is 31.5 Å². The van der Waals surface area contributed by atoms with Gasteiger partial charge in [0.1, 0.15) is 5.82 Å². The molecule has 0 saturated heterocycles. The average molecular weight is 524 g/mol. The molecule has 6 nitrogen and oxygen atoms in total. The van der Waals surface area contributed by atoms with Crippen LogP contribution in [0, 0.1) is 6.92 Å². The Labute approximate surface area is 193 Å².